The summed E-state index contributed by atoms with van der Waals surface area (Å²) in [7, 11) is 0. The van der Waals surface area contributed by atoms with E-state index in [1.807, 2.05) is 35.8 Å². The highest BCUT2D eigenvalue weighted by Crippen LogP contribution is 2.11. The van der Waals surface area contributed by atoms with E-state index in [1.165, 1.54) is 0 Å². The zero-order chi connectivity index (χ0) is 14.2. The lowest BCUT2D eigenvalue weighted by molar-refractivity contribution is -0.121. The van der Waals surface area contributed by atoms with Crippen LogP contribution in [0.2, 0.25) is 0 Å². The molecule has 20 heavy (non-hydrogen) atoms. The standard InChI is InChI=1S/C15H21N3O2/c1-2-20-11-5-9-16-15(19)8-10-18-12-17-13-6-3-4-7-14(13)18/h3-4,6-7,12H,2,5,8-11H2,1H3,(H,16,19). The molecule has 1 heterocycles. The van der Waals surface area contributed by atoms with Crippen LogP contribution in [-0.4, -0.2) is 35.2 Å². The Morgan fingerprint density at radius 2 is 2.25 bits per heavy atom. The van der Waals surface area contributed by atoms with Gasteiger partial charge in [0.05, 0.1) is 17.4 Å². The molecule has 0 aliphatic heterocycles. The van der Waals surface area contributed by atoms with Gasteiger partial charge in [0, 0.05) is 32.7 Å². The van der Waals surface area contributed by atoms with E-state index < -0.39 is 0 Å². The van der Waals surface area contributed by atoms with E-state index >= 15 is 0 Å². The Bertz CT molecular complexity index is 551. The molecule has 5 nitrogen and oxygen atoms in total. The van der Waals surface area contributed by atoms with Gasteiger partial charge in [0.1, 0.15) is 0 Å². The van der Waals surface area contributed by atoms with Gasteiger partial charge < -0.3 is 14.6 Å². The fourth-order valence-electron chi connectivity index (χ4n) is 2.05. The largest absolute Gasteiger partial charge is 0.382 e. The minimum atomic E-state index is 0.0688. The number of carbonyl (C=O) groups excluding carboxylic acids is 1. The maximum Gasteiger partial charge on any atom is 0.221 e. The molecule has 0 unspecified atom stereocenters. The van der Waals surface area contributed by atoms with E-state index in [9.17, 15) is 4.79 Å². The number of hydrogen-bond acceptors (Lipinski definition) is 3. The fourth-order valence-corrected chi connectivity index (χ4v) is 2.05. The zero-order valence-electron chi connectivity index (χ0n) is 11.8. The van der Waals surface area contributed by atoms with Gasteiger partial charge in [0.25, 0.3) is 0 Å². The van der Waals surface area contributed by atoms with Gasteiger partial charge in [-0.2, -0.15) is 0 Å². The number of ether oxygens (including phenoxy) is 1. The molecule has 0 spiro atoms. The Kier molecular flexibility index (Phi) is 5.55. The molecule has 0 radical (unpaired) electrons. The number of carbonyl (C=O) groups is 1. The summed E-state index contributed by atoms with van der Waals surface area (Å²) in [6.45, 7) is 4.71. The van der Waals surface area contributed by atoms with Crippen LogP contribution in [0.5, 0.6) is 0 Å². The lowest BCUT2D eigenvalue weighted by atomic mass is 10.3. The lowest BCUT2D eigenvalue weighted by Crippen LogP contribution is -2.26. The summed E-state index contributed by atoms with van der Waals surface area (Å²) in [4.78, 5) is 16.0. The Morgan fingerprint density at radius 3 is 3.10 bits per heavy atom. The molecule has 0 saturated carbocycles. The van der Waals surface area contributed by atoms with Crippen LogP contribution >= 0.6 is 0 Å². The van der Waals surface area contributed by atoms with E-state index in [0.717, 1.165) is 24.1 Å². The van der Waals surface area contributed by atoms with Crippen LogP contribution in [0.25, 0.3) is 11.0 Å². The third-order valence-electron chi connectivity index (χ3n) is 3.10. The molecule has 0 aliphatic carbocycles. The van der Waals surface area contributed by atoms with Crippen molar-refractivity contribution in [3.8, 4) is 0 Å². The number of amides is 1. The number of rotatable bonds is 8. The molecular weight excluding hydrogens is 254 g/mol. The summed E-state index contributed by atoms with van der Waals surface area (Å²) in [5, 5.41) is 2.90. The second kappa shape index (κ2) is 7.65. The lowest BCUT2D eigenvalue weighted by Gasteiger charge is -2.06. The van der Waals surface area contributed by atoms with Gasteiger partial charge >= 0.3 is 0 Å². The van der Waals surface area contributed by atoms with Crippen LogP contribution in [0.15, 0.2) is 30.6 Å². The molecule has 1 aromatic carbocycles. The van der Waals surface area contributed by atoms with Gasteiger partial charge in [-0.1, -0.05) is 12.1 Å². The molecule has 5 heteroatoms. The van der Waals surface area contributed by atoms with Crippen molar-refractivity contribution < 1.29 is 9.53 Å². The molecule has 0 atom stereocenters. The first-order valence-corrected chi connectivity index (χ1v) is 7.05. The molecule has 0 bridgehead atoms. The van der Waals surface area contributed by atoms with Gasteiger partial charge in [-0.25, -0.2) is 4.98 Å². The number of benzene rings is 1. The molecule has 1 aromatic heterocycles. The van der Waals surface area contributed by atoms with Crippen LogP contribution in [0.1, 0.15) is 19.8 Å². The molecule has 1 N–H and O–H groups in total. The van der Waals surface area contributed by atoms with Crippen LogP contribution in [0.3, 0.4) is 0 Å². The highest BCUT2D eigenvalue weighted by Gasteiger charge is 2.04. The van der Waals surface area contributed by atoms with Crippen LogP contribution in [-0.2, 0) is 16.1 Å². The van der Waals surface area contributed by atoms with Crippen molar-refractivity contribution in [3.63, 3.8) is 0 Å². The summed E-state index contributed by atoms with van der Waals surface area (Å²) in [6.07, 6.45) is 3.11. The second-order valence-corrected chi connectivity index (χ2v) is 4.58. The maximum absolute atomic E-state index is 11.7. The number of hydrogen-bond donors (Lipinski definition) is 1. The fraction of sp³-hybridized carbons (Fsp3) is 0.467. The molecule has 2 aromatic rings. The van der Waals surface area contributed by atoms with Gasteiger partial charge in [-0.15, -0.1) is 0 Å². The van der Waals surface area contributed by atoms with Crippen LogP contribution < -0.4 is 5.32 Å². The summed E-state index contributed by atoms with van der Waals surface area (Å²) in [6, 6.07) is 7.93. The number of imidazole rings is 1. The number of aromatic nitrogens is 2. The van der Waals surface area contributed by atoms with Crippen molar-refractivity contribution >= 4 is 16.9 Å². The van der Waals surface area contributed by atoms with E-state index in [-0.39, 0.29) is 5.91 Å². The molecule has 0 fully saturated rings. The van der Waals surface area contributed by atoms with Gasteiger partial charge in [0.2, 0.25) is 5.91 Å². The van der Waals surface area contributed by atoms with Gasteiger partial charge in [-0.3, -0.25) is 4.79 Å². The Morgan fingerprint density at radius 1 is 1.40 bits per heavy atom. The molecule has 0 saturated heterocycles. The first kappa shape index (κ1) is 14.5. The van der Waals surface area contributed by atoms with Crippen molar-refractivity contribution in [2.75, 3.05) is 19.8 Å². The first-order chi connectivity index (χ1) is 9.81. The number of fused-ring (bicyclic) bond motifs is 1. The maximum atomic E-state index is 11.7. The van der Waals surface area contributed by atoms with Gasteiger partial charge in [-0.05, 0) is 25.5 Å². The predicted octanol–water partition coefficient (Wildman–Crippen LogP) is 1.97. The third-order valence-corrected chi connectivity index (χ3v) is 3.10. The summed E-state index contributed by atoms with van der Waals surface area (Å²) in [5.41, 5.74) is 2.03. The van der Waals surface area contributed by atoms with E-state index in [2.05, 4.69) is 10.3 Å². The topological polar surface area (TPSA) is 56.1 Å². The SMILES string of the molecule is CCOCCCNC(=O)CCn1cnc2ccccc21. The first-order valence-electron chi connectivity index (χ1n) is 7.05. The van der Waals surface area contributed by atoms with E-state index in [0.29, 0.717) is 26.1 Å². The predicted molar refractivity (Wildman–Crippen MR) is 78.5 cm³/mol. The Labute approximate surface area is 118 Å². The molecule has 0 aliphatic rings. The van der Waals surface area contributed by atoms with E-state index in [4.69, 9.17) is 4.74 Å². The Balaban J connectivity index is 1.73. The van der Waals surface area contributed by atoms with Gasteiger partial charge in [0.15, 0.2) is 0 Å². The zero-order valence-corrected chi connectivity index (χ0v) is 11.8. The Hall–Kier alpha value is -1.88. The average molecular weight is 275 g/mol. The van der Waals surface area contributed by atoms with E-state index in [1.54, 1.807) is 6.33 Å². The summed E-state index contributed by atoms with van der Waals surface area (Å²) in [5.74, 6) is 0.0688. The minimum absolute atomic E-state index is 0.0688. The third kappa shape index (κ3) is 4.06. The highest BCUT2D eigenvalue weighted by atomic mass is 16.5. The second-order valence-electron chi connectivity index (χ2n) is 4.58. The number of aryl methyl sites for hydroxylation is 1. The van der Waals surface area contributed by atoms with Crippen molar-refractivity contribution in [2.24, 2.45) is 0 Å². The molecule has 108 valence electrons. The van der Waals surface area contributed by atoms with Crippen molar-refractivity contribution in [2.45, 2.75) is 26.3 Å². The summed E-state index contributed by atoms with van der Waals surface area (Å²) >= 11 is 0. The molecule has 1 amide bonds. The minimum Gasteiger partial charge on any atom is -0.382 e. The van der Waals surface area contributed by atoms with Crippen molar-refractivity contribution in [1.82, 2.24) is 14.9 Å². The highest BCUT2D eigenvalue weighted by molar-refractivity contribution is 5.77. The van der Waals surface area contributed by atoms with Crippen molar-refractivity contribution in [3.05, 3.63) is 30.6 Å². The number of para-hydroxylation sites is 2. The smallest absolute Gasteiger partial charge is 0.221 e. The molecule has 2 rings (SSSR count). The summed E-state index contributed by atoms with van der Waals surface area (Å²) < 4.78 is 7.23. The monoisotopic (exact) mass is 275 g/mol. The van der Waals surface area contributed by atoms with Crippen LogP contribution in [0, 0.1) is 0 Å². The number of nitrogens with one attached hydrogen (secondary N) is 1. The normalized spacial score (nSPS) is 10.8. The quantitative estimate of drug-likeness (QED) is 0.749. The number of nitrogens with zero attached hydrogens (tertiary/aromatic N) is 2. The molecular formula is C15H21N3O2. The van der Waals surface area contributed by atoms with Crippen molar-refractivity contribution in [1.29, 1.82) is 0 Å². The average Bonchev–Trinajstić information content (AvgIpc) is 2.88. The van der Waals surface area contributed by atoms with Crippen LogP contribution in [0.4, 0.5) is 0 Å².